The van der Waals surface area contributed by atoms with Crippen molar-refractivity contribution in [3.63, 3.8) is 0 Å². The van der Waals surface area contributed by atoms with Gasteiger partial charge in [0.2, 0.25) is 0 Å². The molecule has 6 heteroatoms. The molecular weight excluding hydrogens is 320 g/mol. The summed E-state index contributed by atoms with van der Waals surface area (Å²) in [5, 5.41) is 10.8. The molecule has 5 aliphatic rings. The number of phenols is 1. The van der Waals surface area contributed by atoms with Crippen molar-refractivity contribution in [3.05, 3.63) is 41.5 Å². The second kappa shape index (κ2) is 4.71. The van der Waals surface area contributed by atoms with Crippen LogP contribution in [0, 0.1) is 42.4 Å². The third kappa shape index (κ3) is 1.88. The molecule has 2 bridgehead atoms. The van der Waals surface area contributed by atoms with E-state index in [-0.39, 0.29) is 46.8 Å². The zero-order valence-corrected chi connectivity index (χ0v) is 13.7. The molecule has 3 amide bonds. The summed E-state index contributed by atoms with van der Waals surface area (Å²) < 4.78 is 0. The SMILES string of the molecule is Cc1ccc(C(=O)NN2C(=O)C3C4C=CC(C5CC45)C3C2=O)c(O)c1. The van der Waals surface area contributed by atoms with Crippen LogP contribution in [0.3, 0.4) is 0 Å². The van der Waals surface area contributed by atoms with Crippen molar-refractivity contribution in [2.24, 2.45) is 35.5 Å². The molecule has 0 spiro atoms. The van der Waals surface area contributed by atoms with E-state index in [1.165, 1.54) is 12.1 Å². The summed E-state index contributed by atoms with van der Waals surface area (Å²) in [6, 6.07) is 4.65. The Kier molecular flexibility index (Phi) is 2.77. The summed E-state index contributed by atoms with van der Waals surface area (Å²) in [7, 11) is 0. The molecule has 1 aliphatic heterocycles. The van der Waals surface area contributed by atoms with E-state index in [2.05, 4.69) is 17.6 Å². The summed E-state index contributed by atoms with van der Waals surface area (Å²) >= 11 is 0. The number of carbonyl (C=O) groups excluding carboxylic acids is 3. The van der Waals surface area contributed by atoms with E-state index in [4.69, 9.17) is 0 Å². The average molecular weight is 338 g/mol. The van der Waals surface area contributed by atoms with Gasteiger partial charge in [-0.2, -0.15) is 5.01 Å². The van der Waals surface area contributed by atoms with Gasteiger partial charge < -0.3 is 5.11 Å². The van der Waals surface area contributed by atoms with Crippen LogP contribution in [0.25, 0.3) is 0 Å². The van der Waals surface area contributed by atoms with Gasteiger partial charge in [0.25, 0.3) is 17.7 Å². The molecule has 0 radical (unpaired) electrons. The van der Waals surface area contributed by atoms with E-state index in [0.717, 1.165) is 17.0 Å². The fourth-order valence-corrected chi connectivity index (χ4v) is 5.06. The van der Waals surface area contributed by atoms with Crippen molar-refractivity contribution < 1.29 is 19.5 Å². The highest BCUT2D eigenvalue weighted by Crippen LogP contribution is 2.65. The van der Waals surface area contributed by atoms with E-state index in [9.17, 15) is 19.5 Å². The van der Waals surface area contributed by atoms with E-state index < -0.39 is 5.91 Å². The molecule has 1 heterocycles. The number of allylic oxidation sites excluding steroid dienone is 2. The number of benzene rings is 1. The maximum absolute atomic E-state index is 12.8. The molecule has 2 N–H and O–H groups in total. The molecule has 1 aromatic rings. The first-order valence-electron chi connectivity index (χ1n) is 8.64. The number of amides is 3. The third-order valence-electron chi connectivity index (χ3n) is 6.27. The van der Waals surface area contributed by atoms with E-state index >= 15 is 0 Å². The molecule has 0 aromatic heterocycles. The van der Waals surface area contributed by atoms with Gasteiger partial charge in [-0.15, -0.1) is 0 Å². The molecule has 2 saturated carbocycles. The molecule has 3 fully saturated rings. The number of imide groups is 1. The number of nitrogens with zero attached hydrogens (tertiary/aromatic N) is 1. The minimum Gasteiger partial charge on any atom is -0.507 e. The fourth-order valence-electron chi connectivity index (χ4n) is 5.06. The van der Waals surface area contributed by atoms with Gasteiger partial charge in [-0.05, 0) is 54.7 Å². The molecule has 6 unspecified atom stereocenters. The van der Waals surface area contributed by atoms with Crippen molar-refractivity contribution in [3.8, 4) is 5.75 Å². The molecule has 1 saturated heterocycles. The fraction of sp³-hybridized carbons (Fsp3) is 0.421. The predicted octanol–water partition coefficient (Wildman–Crippen LogP) is 1.40. The van der Waals surface area contributed by atoms with E-state index in [1.54, 1.807) is 13.0 Å². The quantitative estimate of drug-likeness (QED) is 0.630. The molecule has 4 aliphatic carbocycles. The van der Waals surface area contributed by atoms with E-state index in [0.29, 0.717) is 11.8 Å². The second-order valence-electron chi connectivity index (χ2n) is 7.63. The predicted molar refractivity (Wildman–Crippen MR) is 86.9 cm³/mol. The normalized spacial score (nSPS) is 37.1. The minimum absolute atomic E-state index is 0.0463. The zero-order chi connectivity index (χ0) is 17.5. The minimum atomic E-state index is -0.650. The molecule has 1 aromatic carbocycles. The Hall–Kier alpha value is -2.63. The van der Waals surface area contributed by atoms with Gasteiger partial charge >= 0.3 is 0 Å². The van der Waals surface area contributed by atoms with Crippen molar-refractivity contribution >= 4 is 17.7 Å². The van der Waals surface area contributed by atoms with Gasteiger partial charge in [0.1, 0.15) is 5.75 Å². The number of hydrogen-bond donors (Lipinski definition) is 2. The Balaban J connectivity index is 1.42. The number of hydrogen-bond acceptors (Lipinski definition) is 4. The van der Waals surface area contributed by atoms with Crippen LogP contribution in [0.5, 0.6) is 5.75 Å². The van der Waals surface area contributed by atoms with Crippen LogP contribution in [0.4, 0.5) is 0 Å². The first-order valence-corrected chi connectivity index (χ1v) is 8.64. The molecule has 6 nitrogen and oxygen atoms in total. The largest absolute Gasteiger partial charge is 0.507 e. The van der Waals surface area contributed by atoms with Crippen LogP contribution in [-0.4, -0.2) is 27.8 Å². The summed E-state index contributed by atoms with van der Waals surface area (Å²) in [6.45, 7) is 1.80. The Labute approximate surface area is 144 Å². The first-order chi connectivity index (χ1) is 12.0. The van der Waals surface area contributed by atoms with Gasteiger partial charge in [0, 0.05) is 0 Å². The number of hydrazine groups is 1. The van der Waals surface area contributed by atoms with Crippen LogP contribution < -0.4 is 5.43 Å². The standard InChI is InChI=1S/C19H18N2O4/c1-8-2-3-11(14(22)6-8)17(23)20-21-18(24)15-9-4-5-10(13-7-12(9)13)16(15)19(21)25/h2-6,9-10,12-13,15-16,22H,7H2,1H3,(H,20,23). The highest BCUT2D eigenvalue weighted by atomic mass is 16.3. The number of aryl methyl sites for hydroxylation is 1. The average Bonchev–Trinajstić information content (AvgIpc) is 3.36. The molecule has 25 heavy (non-hydrogen) atoms. The Bertz CT molecular complexity index is 825. The van der Waals surface area contributed by atoms with Gasteiger partial charge in [-0.1, -0.05) is 18.2 Å². The topological polar surface area (TPSA) is 86.7 Å². The summed E-state index contributed by atoms with van der Waals surface area (Å²) in [5.74, 6) is -0.886. The lowest BCUT2D eigenvalue weighted by Crippen LogP contribution is -2.46. The third-order valence-corrected chi connectivity index (χ3v) is 6.27. The Morgan fingerprint density at radius 3 is 2.28 bits per heavy atom. The van der Waals surface area contributed by atoms with Crippen molar-refractivity contribution in [1.29, 1.82) is 0 Å². The maximum Gasteiger partial charge on any atom is 0.274 e. The van der Waals surface area contributed by atoms with Crippen LogP contribution in [0.2, 0.25) is 0 Å². The number of rotatable bonds is 2. The number of phenolic OH excluding ortho intramolecular Hbond substituents is 1. The van der Waals surface area contributed by atoms with Gasteiger partial charge in [0.05, 0.1) is 17.4 Å². The van der Waals surface area contributed by atoms with E-state index in [1.807, 2.05) is 0 Å². The van der Waals surface area contributed by atoms with Gasteiger partial charge in [0.15, 0.2) is 0 Å². The lowest BCUT2D eigenvalue weighted by atomic mass is 9.63. The van der Waals surface area contributed by atoms with Crippen LogP contribution in [0.1, 0.15) is 22.3 Å². The Morgan fingerprint density at radius 2 is 1.72 bits per heavy atom. The van der Waals surface area contributed by atoms with Crippen LogP contribution in [-0.2, 0) is 9.59 Å². The highest BCUT2D eigenvalue weighted by Gasteiger charge is 2.67. The molecule has 6 rings (SSSR count). The monoisotopic (exact) mass is 338 g/mol. The highest BCUT2D eigenvalue weighted by molar-refractivity contribution is 6.09. The number of aromatic hydroxyl groups is 1. The molecule has 6 atom stereocenters. The number of nitrogens with one attached hydrogen (secondary N) is 1. The molecular formula is C19H18N2O4. The smallest absolute Gasteiger partial charge is 0.274 e. The maximum atomic E-state index is 12.8. The van der Waals surface area contributed by atoms with Crippen LogP contribution in [0.15, 0.2) is 30.4 Å². The summed E-state index contributed by atoms with van der Waals surface area (Å²) in [6.07, 6.45) is 5.27. The lowest BCUT2D eigenvalue weighted by Gasteiger charge is -2.37. The Morgan fingerprint density at radius 1 is 1.12 bits per heavy atom. The zero-order valence-electron chi connectivity index (χ0n) is 13.7. The van der Waals surface area contributed by atoms with Crippen molar-refractivity contribution in [2.45, 2.75) is 13.3 Å². The number of carbonyl (C=O) groups is 3. The summed E-state index contributed by atoms with van der Waals surface area (Å²) in [5.41, 5.74) is 3.28. The van der Waals surface area contributed by atoms with Gasteiger partial charge in [-0.25, -0.2) is 0 Å². The van der Waals surface area contributed by atoms with Gasteiger partial charge in [-0.3, -0.25) is 19.8 Å². The molecule has 128 valence electrons. The van der Waals surface area contributed by atoms with Crippen LogP contribution >= 0.6 is 0 Å². The van der Waals surface area contributed by atoms with Crippen molar-refractivity contribution in [1.82, 2.24) is 10.4 Å². The van der Waals surface area contributed by atoms with Crippen molar-refractivity contribution in [2.75, 3.05) is 0 Å². The lowest BCUT2D eigenvalue weighted by molar-refractivity contribution is -0.143. The first kappa shape index (κ1) is 14.7. The second-order valence-corrected chi connectivity index (χ2v) is 7.63. The summed E-state index contributed by atoms with van der Waals surface area (Å²) in [4.78, 5) is 38.1.